The minimum Gasteiger partial charge on any atom is -0.456 e. The summed E-state index contributed by atoms with van der Waals surface area (Å²) in [6.07, 6.45) is 4.52. The monoisotopic (exact) mass is 508 g/mol. The Morgan fingerprint density at radius 1 is 1.14 bits per heavy atom. The van der Waals surface area contributed by atoms with E-state index in [2.05, 4.69) is 6.92 Å². The second-order valence-electron chi connectivity index (χ2n) is 11.8. The highest BCUT2D eigenvalue weighted by Crippen LogP contribution is 2.69. The van der Waals surface area contributed by atoms with Crippen molar-refractivity contribution in [2.75, 3.05) is 20.5 Å². The zero-order valence-electron chi connectivity index (χ0n) is 22.0. The van der Waals surface area contributed by atoms with Crippen molar-refractivity contribution in [3.63, 3.8) is 0 Å². The zero-order chi connectivity index (χ0) is 26.3. The van der Waals surface area contributed by atoms with E-state index >= 15 is 4.39 Å². The van der Waals surface area contributed by atoms with Crippen LogP contribution in [0.1, 0.15) is 78.6 Å². The number of esters is 1. The molecule has 0 heterocycles. The second-order valence-corrected chi connectivity index (χ2v) is 11.8. The average Bonchev–Trinajstić information content (AvgIpc) is 3.20. The second kappa shape index (κ2) is 10.3. The first kappa shape index (κ1) is 27.4. The molecule has 0 aromatic heterocycles. The van der Waals surface area contributed by atoms with Gasteiger partial charge < -0.3 is 19.3 Å². The Bertz CT molecular complexity index is 918. The number of carbonyl (C=O) groups is 3. The van der Waals surface area contributed by atoms with E-state index in [0.29, 0.717) is 38.5 Å². The van der Waals surface area contributed by atoms with E-state index in [0.717, 1.165) is 18.4 Å². The van der Waals surface area contributed by atoms with Gasteiger partial charge in [0, 0.05) is 24.9 Å². The van der Waals surface area contributed by atoms with Gasteiger partial charge in [0.25, 0.3) is 0 Å². The molecule has 36 heavy (non-hydrogen) atoms. The number of hydrogen-bond donors (Lipinski definition) is 1. The molecule has 4 aliphatic carbocycles. The van der Waals surface area contributed by atoms with E-state index in [9.17, 15) is 19.5 Å². The van der Waals surface area contributed by atoms with Crippen LogP contribution in [0.3, 0.4) is 0 Å². The summed E-state index contributed by atoms with van der Waals surface area (Å²) in [6.45, 7) is 5.27. The maximum Gasteiger partial charge on any atom is 0.338 e. The van der Waals surface area contributed by atoms with Crippen molar-refractivity contribution in [2.24, 2.45) is 28.6 Å². The van der Waals surface area contributed by atoms with Crippen LogP contribution >= 0.6 is 0 Å². The van der Waals surface area contributed by atoms with Crippen molar-refractivity contribution in [2.45, 2.75) is 96.4 Å². The zero-order valence-corrected chi connectivity index (χ0v) is 22.0. The number of Topliss-reactive ketones (excluding diaryl/α,β-unsaturated/α-hetero) is 1. The molecule has 4 rings (SSSR count). The number of alkyl halides is 1. The van der Waals surface area contributed by atoms with Crippen LogP contribution in [0.2, 0.25) is 0 Å². The number of ketones is 2. The summed E-state index contributed by atoms with van der Waals surface area (Å²) in [4.78, 5) is 37.9. The molecule has 8 heteroatoms. The predicted octanol–water partition coefficient (Wildman–Crippen LogP) is 4.10. The van der Waals surface area contributed by atoms with Gasteiger partial charge in [-0.2, -0.15) is 0 Å². The molecule has 0 aliphatic heterocycles. The maximum atomic E-state index is 17.0. The molecule has 0 saturated heterocycles. The molecule has 3 fully saturated rings. The Labute approximate surface area is 213 Å². The standard InChI is InChI=1S/C28H41FO7/c1-5-22(31)24(36-16-34-4)25(33)35-15-23(32)21-9-8-19-20-7-6-17-14-18(30)10-11-27(17,3)28(20,29)13-12-26(19,21)2/h14,19-22,24,31H,5-13,15-16H2,1-4H3/t19-,20-,21+,22?,24?,26-,27-,28+/m0/s1. The number of ether oxygens (including phenoxy) is 3. The lowest BCUT2D eigenvalue weighted by atomic mass is 9.45. The van der Waals surface area contributed by atoms with Crippen molar-refractivity contribution in [1.82, 2.24) is 0 Å². The van der Waals surface area contributed by atoms with Crippen LogP contribution in [0.25, 0.3) is 0 Å². The maximum absolute atomic E-state index is 17.0. The molecule has 8 atom stereocenters. The van der Waals surface area contributed by atoms with Crippen LogP contribution in [0.5, 0.6) is 0 Å². The fourth-order valence-corrected chi connectivity index (χ4v) is 7.99. The van der Waals surface area contributed by atoms with Crippen LogP contribution in [-0.2, 0) is 28.6 Å². The SMILES string of the molecule is CCC(O)C(OCOC)C(=O)OCC(=O)[C@H]1CC[C@H]2[C@@H]3CCC4=CC(=O)CC[C@]4(C)[C@@]3(F)CC[C@]12C. The molecule has 0 aromatic rings. The first-order chi connectivity index (χ1) is 17.0. The Hall–Kier alpha value is -1.64. The third kappa shape index (κ3) is 4.37. The van der Waals surface area contributed by atoms with Gasteiger partial charge in [-0.3, -0.25) is 9.59 Å². The quantitative estimate of drug-likeness (QED) is 0.370. The van der Waals surface area contributed by atoms with E-state index in [1.807, 2.05) is 6.92 Å². The minimum absolute atomic E-state index is 0.0802. The first-order valence-electron chi connectivity index (χ1n) is 13.4. The fourth-order valence-electron chi connectivity index (χ4n) is 7.99. The molecule has 0 aromatic carbocycles. The number of aliphatic hydroxyl groups is 1. The van der Waals surface area contributed by atoms with Crippen LogP contribution in [0, 0.1) is 28.6 Å². The average molecular weight is 509 g/mol. The molecule has 3 saturated carbocycles. The van der Waals surface area contributed by atoms with Gasteiger partial charge in [0.2, 0.25) is 0 Å². The van der Waals surface area contributed by atoms with E-state index in [1.165, 1.54) is 7.11 Å². The lowest BCUT2D eigenvalue weighted by molar-refractivity contribution is -0.179. The Balaban J connectivity index is 1.45. The highest BCUT2D eigenvalue weighted by Gasteiger charge is 2.67. The highest BCUT2D eigenvalue weighted by atomic mass is 19.1. The topological polar surface area (TPSA) is 99.1 Å². The van der Waals surface area contributed by atoms with Crippen LogP contribution < -0.4 is 0 Å². The van der Waals surface area contributed by atoms with E-state index in [4.69, 9.17) is 14.2 Å². The molecule has 2 unspecified atom stereocenters. The number of rotatable bonds is 9. The normalized spacial score (nSPS) is 39.3. The van der Waals surface area contributed by atoms with Gasteiger partial charge >= 0.3 is 5.97 Å². The number of fused-ring (bicyclic) bond motifs is 5. The van der Waals surface area contributed by atoms with Gasteiger partial charge in [0.15, 0.2) is 17.7 Å². The molecule has 0 amide bonds. The van der Waals surface area contributed by atoms with Crippen LogP contribution in [0.15, 0.2) is 11.6 Å². The van der Waals surface area contributed by atoms with Gasteiger partial charge in [-0.1, -0.05) is 26.3 Å². The number of hydrogen-bond acceptors (Lipinski definition) is 7. The van der Waals surface area contributed by atoms with E-state index < -0.39 is 29.3 Å². The number of carbonyl (C=O) groups excluding carboxylic acids is 3. The van der Waals surface area contributed by atoms with Gasteiger partial charge in [0.1, 0.15) is 19.1 Å². The van der Waals surface area contributed by atoms with Crippen molar-refractivity contribution in [3.05, 3.63) is 11.6 Å². The van der Waals surface area contributed by atoms with Crippen LogP contribution in [-0.4, -0.2) is 61.0 Å². The van der Waals surface area contributed by atoms with Gasteiger partial charge in [0.05, 0.1) is 6.10 Å². The van der Waals surface area contributed by atoms with Gasteiger partial charge in [-0.15, -0.1) is 0 Å². The smallest absolute Gasteiger partial charge is 0.338 e. The van der Waals surface area contributed by atoms with Gasteiger partial charge in [-0.25, -0.2) is 9.18 Å². The molecule has 0 bridgehead atoms. The predicted molar refractivity (Wildman–Crippen MR) is 130 cm³/mol. The number of methoxy groups -OCH3 is 1. The van der Waals surface area contributed by atoms with Crippen molar-refractivity contribution in [3.8, 4) is 0 Å². The third-order valence-electron chi connectivity index (χ3n) is 10.2. The Morgan fingerprint density at radius 3 is 2.58 bits per heavy atom. The Morgan fingerprint density at radius 2 is 1.89 bits per heavy atom. The molecule has 7 nitrogen and oxygen atoms in total. The van der Waals surface area contributed by atoms with Gasteiger partial charge in [-0.05, 0) is 74.7 Å². The molecule has 0 radical (unpaired) electrons. The summed E-state index contributed by atoms with van der Waals surface area (Å²) >= 11 is 0. The lowest BCUT2D eigenvalue weighted by Gasteiger charge is -2.61. The van der Waals surface area contributed by atoms with Crippen LogP contribution in [0.4, 0.5) is 4.39 Å². The van der Waals surface area contributed by atoms with E-state index in [-0.39, 0.29) is 54.6 Å². The molecule has 4 aliphatic rings. The molecule has 0 spiro atoms. The largest absolute Gasteiger partial charge is 0.456 e. The lowest BCUT2D eigenvalue weighted by Crippen LogP contribution is -2.61. The van der Waals surface area contributed by atoms with E-state index in [1.54, 1.807) is 13.0 Å². The number of aliphatic hydroxyl groups excluding tert-OH is 1. The number of allylic oxidation sites excluding steroid dienone is 1. The highest BCUT2D eigenvalue weighted by molar-refractivity contribution is 5.91. The van der Waals surface area contributed by atoms with Crippen molar-refractivity contribution in [1.29, 1.82) is 0 Å². The molecule has 202 valence electrons. The summed E-state index contributed by atoms with van der Waals surface area (Å²) in [5.74, 6) is -1.19. The molecular weight excluding hydrogens is 467 g/mol. The first-order valence-corrected chi connectivity index (χ1v) is 13.4. The Kier molecular flexibility index (Phi) is 7.81. The minimum atomic E-state index is -1.37. The summed E-state index contributed by atoms with van der Waals surface area (Å²) in [6, 6.07) is 0. The van der Waals surface area contributed by atoms with Crippen molar-refractivity contribution >= 4 is 17.5 Å². The summed E-state index contributed by atoms with van der Waals surface area (Å²) < 4.78 is 32.4. The molecular formula is C28H41FO7. The number of halogens is 1. The summed E-state index contributed by atoms with van der Waals surface area (Å²) in [5, 5.41) is 10.1. The fraction of sp³-hybridized carbons (Fsp3) is 0.821. The molecule has 1 N–H and O–H groups in total. The summed E-state index contributed by atoms with van der Waals surface area (Å²) in [7, 11) is 1.41. The summed E-state index contributed by atoms with van der Waals surface area (Å²) in [5.41, 5.74) is -1.35. The van der Waals surface area contributed by atoms with Crippen molar-refractivity contribution < 1.29 is 38.1 Å². The third-order valence-corrected chi connectivity index (χ3v) is 10.2.